The third-order valence-electron chi connectivity index (χ3n) is 10.00. The van der Waals surface area contributed by atoms with Crippen LogP contribution in [0.1, 0.15) is 226 Å². The van der Waals surface area contributed by atoms with E-state index in [-0.39, 0.29) is 24.3 Å². The highest BCUT2D eigenvalue weighted by Crippen LogP contribution is 2.15. The standard InChI is InChI=1S/C43H88N6O3/c1-3-5-7-9-11-13-15-17-19-21-23-25-27-29-34-41(50)47-49(40-43(52)46-39-32-31-37-45-38-33-36-44)48-42(51)35-30-28-26-24-22-20-18-16-14-12-10-8-6-4-2/h45H,3-40,44H2,1-2H3,(H,46,52)(H,47,50)(H,48,51). The fourth-order valence-electron chi connectivity index (χ4n) is 6.63. The first-order valence-electron chi connectivity index (χ1n) is 22.6. The maximum atomic E-state index is 12.8. The molecule has 0 heterocycles. The van der Waals surface area contributed by atoms with E-state index in [0.717, 1.165) is 70.9 Å². The molecule has 0 aromatic carbocycles. The van der Waals surface area contributed by atoms with Gasteiger partial charge >= 0.3 is 0 Å². The summed E-state index contributed by atoms with van der Waals surface area (Å²) >= 11 is 0. The zero-order chi connectivity index (χ0) is 38.0. The average Bonchev–Trinajstić information content (AvgIpc) is 3.13. The Hall–Kier alpha value is -1.71. The summed E-state index contributed by atoms with van der Waals surface area (Å²) in [6.07, 6.45) is 39.1. The Labute approximate surface area is 322 Å². The summed E-state index contributed by atoms with van der Waals surface area (Å²) < 4.78 is 0. The van der Waals surface area contributed by atoms with E-state index in [2.05, 4.69) is 35.3 Å². The van der Waals surface area contributed by atoms with Crippen molar-refractivity contribution in [3.05, 3.63) is 0 Å². The lowest BCUT2D eigenvalue weighted by atomic mass is 10.0. The first-order valence-corrected chi connectivity index (χ1v) is 22.6. The molecule has 3 amide bonds. The van der Waals surface area contributed by atoms with Gasteiger partial charge in [0.2, 0.25) is 17.7 Å². The van der Waals surface area contributed by atoms with Crippen molar-refractivity contribution >= 4 is 17.7 Å². The predicted octanol–water partition coefficient (Wildman–Crippen LogP) is 9.93. The number of nitrogens with one attached hydrogen (secondary N) is 4. The second-order valence-electron chi connectivity index (χ2n) is 15.3. The van der Waals surface area contributed by atoms with Crippen molar-refractivity contribution in [3.8, 4) is 0 Å². The molecule has 0 bridgehead atoms. The highest BCUT2D eigenvalue weighted by Gasteiger charge is 2.16. The maximum Gasteiger partial charge on any atom is 0.238 e. The summed E-state index contributed by atoms with van der Waals surface area (Å²) in [6, 6.07) is 0. The molecule has 52 heavy (non-hydrogen) atoms. The van der Waals surface area contributed by atoms with Gasteiger partial charge in [0, 0.05) is 19.4 Å². The van der Waals surface area contributed by atoms with Crippen molar-refractivity contribution in [1.82, 2.24) is 26.6 Å². The van der Waals surface area contributed by atoms with E-state index in [1.807, 2.05) is 0 Å². The Morgan fingerprint density at radius 1 is 0.404 bits per heavy atom. The van der Waals surface area contributed by atoms with Crippen molar-refractivity contribution in [2.24, 2.45) is 5.73 Å². The third kappa shape index (κ3) is 39.5. The Morgan fingerprint density at radius 2 is 0.731 bits per heavy atom. The zero-order valence-corrected chi connectivity index (χ0v) is 34.6. The van der Waals surface area contributed by atoms with E-state index >= 15 is 0 Å². The van der Waals surface area contributed by atoms with E-state index in [1.54, 1.807) is 0 Å². The van der Waals surface area contributed by atoms with Crippen LogP contribution in [-0.2, 0) is 14.4 Å². The number of carbonyl (C=O) groups excluding carboxylic acids is 3. The molecule has 0 rings (SSSR count). The molecule has 308 valence electrons. The van der Waals surface area contributed by atoms with Crippen molar-refractivity contribution in [3.63, 3.8) is 0 Å². The number of nitrogens with zero attached hydrogens (tertiary/aromatic N) is 1. The van der Waals surface area contributed by atoms with E-state index in [0.29, 0.717) is 25.9 Å². The molecule has 9 heteroatoms. The first kappa shape index (κ1) is 50.3. The van der Waals surface area contributed by atoms with Gasteiger partial charge in [0.05, 0.1) is 0 Å². The number of hydrogen-bond acceptors (Lipinski definition) is 6. The van der Waals surface area contributed by atoms with Crippen LogP contribution in [0, 0.1) is 0 Å². The number of rotatable bonds is 42. The molecule has 0 aliphatic heterocycles. The summed E-state index contributed by atoms with van der Waals surface area (Å²) in [7, 11) is 0. The second kappa shape index (κ2) is 42.0. The molecule has 9 nitrogen and oxygen atoms in total. The van der Waals surface area contributed by atoms with Gasteiger partial charge in [0.15, 0.2) is 0 Å². The van der Waals surface area contributed by atoms with E-state index in [4.69, 9.17) is 5.73 Å². The van der Waals surface area contributed by atoms with Gasteiger partial charge in [-0.15, -0.1) is 5.12 Å². The molecule has 0 aromatic rings. The highest BCUT2D eigenvalue weighted by atomic mass is 16.2. The molecule has 0 radical (unpaired) electrons. The summed E-state index contributed by atoms with van der Waals surface area (Å²) in [4.78, 5) is 38.3. The van der Waals surface area contributed by atoms with Gasteiger partial charge in [-0.2, -0.15) is 0 Å². The van der Waals surface area contributed by atoms with Gasteiger partial charge in [-0.05, 0) is 51.7 Å². The van der Waals surface area contributed by atoms with Crippen LogP contribution in [0.4, 0.5) is 0 Å². The lowest BCUT2D eigenvalue weighted by Gasteiger charge is -2.23. The van der Waals surface area contributed by atoms with Gasteiger partial charge in [0.25, 0.3) is 0 Å². The van der Waals surface area contributed by atoms with Crippen LogP contribution in [0.2, 0.25) is 0 Å². The summed E-state index contributed by atoms with van der Waals surface area (Å²) in [5.41, 5.74) is 11.1. The average molecular weight is 737 g/mol. The summed E-state index contributed by atoms with van der Waals surface area (Å²) in [5.74, 6) is -0.538. The van der Waals surface area contributed by atoms with Crippen LogP contribution in [0.15, 0.2) is 0 Å². The van der Waals surface area contributed by atoms with E-state index < -0.39 is 0 Å². The maximum absolute atomic E-state index is 12.8. The first-order chi connectivity index (χ1) is 25.5. The molecule has 6 N–H and O–H groups in total. The van der Waals surface area contributed by atoms with Crippen molar-refractivity contribution in [2.75, 3.05) is 32.7 Å². The monoisotopic (exact) mass is 737 g/mol. The molecule has 0 unspecified atom stereocenters. The van der Waals surface area contributed by atoms with Crippen molar-refractivity contribution in [1.29, 1.82) is 0 Å². The number of carbonyl (C=O) groups is 3. The SMILES string of the molecule is CCCCCCCCCCCCCCCCC(=O)NN(CC(=O)NCCCCNCCCN)NC(=O)CCCCCCCCCCCCCCCC. The van der Waals surface area contributed by atoms with Crippen LogP contribution in [0.3, 0.4) is 0 Å². The van der Waals surface area contributed by atoms with Gasteiger partial charge < -0.3 is 16.4 Å². The van der Waals surface area contributed by atoms with Crippen LogP contribution in [0.5, 0.6) is 0 Å². The van der Waals surface area contributed by atoms with Crippen LogP contribution >= 0.6 is 0 Å². The molecule has 0 aliphatic rings. The molecular formula is C43H88N6O3. The Balaban J connectivity index is 4.27. The number of hydrogen-bond donors (Lipinski definition) is 5. The number of nitrogens with two attached hydrogens (primary N) is 1. The zero-order valence-electron chi connectivity index (χ0n) is 34.6. The topological polar surface area (TPSA) is 129 Å². The van der Waals surface area contributed by atoms with E-state index in [9.17, 15) is 14.4 Å². The molecule has 0 aromatic heterocycles. The van der Waals surface area contributed by atoms with Gasteiger partial charge in [-0.25, -0.2) is 0 Å². The Kier molecular flexibility index (Phi) is 40.7. The quantitative estimate of drug-likeness (QED) is 0.0314. The van der Waals surface area contributed by atoms with Gasteiger partial charge in [-0.3, -0.25) is 25.2 Å². The number of amides is 3. The largest absolute Gasteiger partial charge is 0.355 e. The molecule has 0 saturated carbocycles. The third-order valence-corrected chi connectivity index (χ3v) is 10.00. The van der Waals surface area contributed by atoms with Crippen LogP contribution in [0.25, 0.3) is 0 Å². The van der Waals surface area contributed by atoms with Crippen LogP contribution < -0.4 is 27.2 Å². The predicted molar refractivity (Wildman–Crippen MR) is 222 cm³/mol. The summed E-state index contributed by atoms with van der Waals surface area (Å²) in [5, 5.41) is 7.57. The smallest absolute Gasteiger partial charge is 0.238 e. The molecule has 0 fully saturated rings. The molecule has 0 saturated heterocycles. The number of hydrazine groups is 2. The minimum Gasteiger partial charge on any atom is -0.355 e. The molecule has 0 spiro atoms. The fourth-order valence-corrected chi connectivity index (χ4v) is 6.63. The Morgan fingerprint density at radius 3 is 1.10 bits per heavy atom. The lowest BCUT2D eigenvalue weighted by molar-refractivity contribution is -0.136. The molecular weight excluding hydrogens is 649 g/mol. The second-order valence-corrected chi connectivity index (χ2v) is 15.3. The fraction of sp³-hybridized carbons (Fsp3) is 0.930. The van der Waals surface area contributed by atoms with E-state index in [1.165, 1.54) is 146 Å². The highest BCUT2D eigenvalue weighted by molar-refractivity contribution is 5.81. The normalized spacial score (nSPS) is 11.3. The van der Waals surface area contributed by atoms with Crippen molar-refractivity contribution < 1.29 is 14.4 Å². The van der Waals surface area contributed by atoms with Gasteiger partial charge in [-0.1, -0.05) is 181 Å². The minimum atomic E-state index is -0.218. The van der Waals surface area contributed by atoms with Gasteiger partial charge in [0.1, 0.15) is 6.54 Å². The number of unbranched alkanes of at least 4 members (excludes halogenated alkanes) is 27. The molecule has 0 aliphatic carbocycles. The lowest BCUT2D eigenvalue weighted by Crippen LogP contribution is -2.56. The Bertz CT molecular complexity index is 738. The van der Waals surface area contributed by atoms with Crippen molar-refractivity contribution in [2.45, 2.75) is 226 Å². The summed E-state index contributed by atoms with van der Waals surface area (Å²) in [6.45, 7) is 7.48. The minimum absolute atomic E-state index is 0.107. The molecule has 0 atom stereocenters. The van der Waals surface area contributed by atoms with Crippen LogP contribution in [-0.4, -0.2) is 55.6 Å².